The van der Waals surface area contributed by atoms with Gasteiger partial charge in [-0.2, -0.15) is 0 Å². The van der Waals surface area contributed by atoms with E-state index in [9.17, 15) is 25.9 Å². The molecule has 10 heteroatoms. The van der Waals surface area contributed by atoms with Crippen molar-refractivity contribution < 1.29 is 129 Å². The van der Waals surface area contributed by atoms with Crippen LogP contribution in [0.15, 0.2) is 46.2 Å². The molecule has 0 heterocycles. The Morgan fingerprint density at radius 1 is 0.650 bits per heavy atom. The Morgan fingerprint density at radius 3 is 1.20 bits per heavy atom. The molecule has 0 amide bonds. The largest absolute Gasteiger partial charge is 1.00 e. The fourth-order valence-corrected chi connectivity index (χ4v) is 3.07. The van der Waals surface area contributed by atoms with Crippen molar-refractivity contribution in [3.05, 3.63) is 36.4 Å². The molecule has 20 heavy (non-hydrogen) atoms. The fourth-order valence-electron chi connectivity index (χ4n) is 1.69. The molecule has 0 aliphatic heterocycles. The van der Waals surface area contributed by atoms with Gasteiger partial charge in [-0.1, -0.05) is 24.3 Å². The van der Waals surface area contributed by atoms with Gasteiger partial charge in [0.2, 0.25) is 0 Å². The second-order valence-electron chi connectivity index (χ2n) is 3.52. The van der Waals surface area contributed by atoms with E-state index in [0.717, 1.165) is 12.1 Å². The molecule has 0 saturated carbocycles. The molecule has 96 valence electrons. The van der Waals surface area contributed by atoms with Gasteiger partial charge in [0.05, 0.1) is 9.79 Å². The van der Waals surface area contributed by atoms with Crippen molar-refractivity contribution in [1.29, 1.82) is 0 Å². The molecule has 0 radical (unpaired) electrons. The van der Waals surface area contributed by atoms with Crippen LogP contribution in [0.1, 0.15) is 0 Å². The molecule has 0 aliphatic carbocycles. The van der Waals surface area contributed by atoms with Crippen LogP contribution in [-0.2, 0) is 20.2 Å². The Kier molecular flexibility index (Phi) is 8.78. The number of fused-ring (bicyclic) bond motifs is 1. The first-order chi connectivity index (χ1) is 8.21. The Morgan fingerprint density at radius 2 is 0.950 bits per heavy atom. The standard InChI is InChI=1S/C10H8O6S2.2K/c11-17(12,13)9-5-1-3-7-8(9)4-2-6-10(7)18(14,15)16;;/h1-6H,(H,11,12,13)(H,14,15,16);;/q;2*+1/p-2. The minimum Gasteiger partial charge on any atom is -0.744 e. The van der Waals surface area contributed by atoms with Crippen LogP contribution < -0.4 is 103 Å². The SMILES string of the molecule is O=S(=O)([O-])c1cccc2c(S(=O)(=O)[O-])cccc12.[K+].[K+]. The number of hydrogen-bond acceptors (Lipinski definition) is 6. The Bertz CT molecular complexity index is 759. The summed E-state index contributed by atoms with van der Waals surface area (Å²) in [6.45, 7) is 0. The van der Waals surface area contributed by atoms with E-state index < -0.39 is 30.0 Å². The van der Waals surface area contributed by atoms with Crippen molar-refractivity contribution >= 4 is 31.0 Å². The van der Waals surface area contributed by atoms with Crippen LogP contribution in [0.2, 0.25) is 0 Å². The van der Waals surface area contributed by atoms with Crippen LogP contribution in [0.25, 0.3) is 10.8 Å². The van der Waals surface area contributed by atoms with E-state index in [1.165, 1.54) is 24.3 Å². The summed E-state index contributed by atoms with van der Waals surface area (Å²) < 4.78 is 66.1. The van der Waals surface area contributed by atoms with Crippen LogP contribution in [0.3, 0.4) is 0 Å². The van der Waals surface area contributed by atoms with Gasteiger partial charge < -0.3 is 9.11 Å². The number of hydrogen-bond donors (Lipinski definition) is 0. The summed E-state index contributed by atoms with van der Waals surface area (Å²) in [4.78, 5) is -1.10. The van der Waals surface area contributed by atoms with E-state index in [1.54, 1.807) is 0 Å². The van der Waals surface area contributed by atoms with Crippen molar-refractivity contribution in [2.24, 2.45) is 0 Å². The van der Waals surface area contributed by atoms with Crippen molar-refractivity contribution in [2.45, 2.75) is 9.79 Å². The molecule has 6 nitrogen and oxygen atoms in total. The van der Waals surface area contributed by atoms with Gasteiger partial charge in [-0.15, -0.1) is 0 Å². The first-order valence-electron chi connectivity index (χ1n) is 4.65. The average Bonchev–Trinajstić information content (AvgIpc) is 2.24. The van der Waals surface area contributed by atoms with Crippen molar-refractivity contribution in [2.75, 3.05) is 0 Å². The zero-order chi connectivity index (χ0) is 13.6. The summed E-state index contributed by atoms with van der Waals surface area (Å²) in [5, 5.41) is -0.158. The Hall–Kier alpha value is 1.79. The van der Waals surface area contributed by atoms with Crippen molar-refractivity contribution in [3.63, 3.8) is 0 Å². The molecule has 0 aliphatic rings. The molecule has 0 unspecified atom stereocenters. The molecule has 2 aromatic carbocycles. The third kappa shape index (κ3) is 4.89. The summed E-state index contributed by atoms with van der Waals surface area (Å²) in [6.07, 6.45) is 0. The molecule has 0 aromatic heterocycles. The molecule has 0 N–H and O–H groups in total. The molecule has 0 fully saturated rings. The van der Waals surface area contributed by atoms with Crippen LogP contribution in [0.5, 0.6) is 0 Å². The van der Waals surface area contributed by atoms with E-state index in [1.807, 2.05) is 0 Å². The zero-order valence-electron chi connectivity index (χ0n) is 10.7. The first-order valence-corrected chi connectivity index (χ1v) is 7.46. The average molecular weight is 364 g/mol. The molecule has 0 atom stereocenters. The van der Waals surface area contributed by atoms with Crippen LogP contribution >= 0.6 is 0 Å². The maximum Gasteiger partial charge on any atom is 1.00 e. The molecule has 0 saturated heterocycles. The second-order valence-corrected chi connectivity index (χ2v) is 6.21. The first kappa shape index (κ1) is 21.8. The van der Waals surface area contributed by atoms with E-state index in [-0.39, 0.29) is 114 Å². The summed E-state index contributed by atoms with van der Waals surface area (Å²) in [6, 6.07) is 7.09. The van der Waals surface area contributed by atoms with Gasteiger partial charge in [0.25, 0.3) is 0 Å². The maximum atomic E-state index is 11.0. The van der Waals surface area contributed by atoms with Crippen molar-refractivity contribution in [1.82, 2.24) is 0 Å². The van der Waals surface area contributed by atoms with E-state index >= 15 is 0 Å². The Balaban J connectivity index is 0.00000180. The van der Waals surface area contributed by atoms with Gasteiger partial charge in [-0.3, -0.25) is 0 Å². The summed E-state index contributed by atoms with van der Waals surface area (Å²) >= 11 is 0. The molecule has 0 spiro atoms. The van der Waals surface area contributed by atoms with E-state index in [2.05, 4.69) is 0 Å². The summed E-state index contributed by atoms with van der Waals surface area (Å²) in [5.74, 6) is 0. The van der Waals surface area contributed by atoms with Gasteiger partial charge in [0, 0.05) is 10.8 Å². The molecule has 0 bridgehead atoms. The van der Waals surface area contributed by atoms with Gasteiger partial charge in [-0.05, 0) is 12.1 Å². The van der Waals surface area contributed by atoms with E-state index in [0.29, 0.717) is 0 Å². The van der Waals surface area contributed by atoms with Crippen LogP contribution in [-0.4, -0.2) is 25.9 Å². The van der Waals surface area contributed by atoms with Gasteiger partial charge in [0.1, 0.15) is 20.2 Å². The zero-order valence-corrected chi connectivity index (χ0v) is 18.6. The molecule has 2 rings (SSSR count). The van der Waals surface area contributed by atoms with Crippen LogP contribution in [0.4, 0.5) is 0 Å². The molecule has 2 aromatic rings. The maximum absolute atomic E-state index is 11.0. The quantitative estimate of drug-likeness (QED) is 0.388. The molecular weight excluding hydrogens is 358 g/mol. The summed E-state index contributed by atoms with van der Waals surface area (Å²) in [5.41, 5.74) is 0. The third-order valence-electron chi connectivity index (χ3n) is 2.38. The van der Waals surface area contributed by atoms with Gasteiger partial charge >= 0.3 is 103 Å². The normalized spacial score (nSPS) is 11.5. The number of rotatable bonds is 2. The Labute approximate surface area is 201 Å². The van der Waals surface area contributed by atoms with Crippen LogP contribution in [0, 0.1) is 0 Å². The minimum atomic E-state index is -4.74. The predicted molar refractivity (Wildman–Crippen MR) is 59.9 cm³/mol. The summed E-state index contributed by atoms with van der Waals surface area (Å²) in [7, 11) is -9.48. The monoisotopic (exact) mass is 364 g/mol. The van der Waals surface area contributed by atoms with Crippen molar-refractivity contribution in [3.8, 4) is 0 Å². The van der Waals surface area contributed by atoms with Gasteiger partial charge in [0.15, 0.2) is 0 Å². The predicted octanol–water partition coefficient (Wildman–Crippen LogP) is -5.34. The minimum absolute atomic E-state index is 0. The second kappa shape index (κ2) is 8.06. The number of benzene rings is 2. The topological polar surface area (TPSA) is 114 Å². The fraction of sp³-hybridized carbons (Fsp3) is 0. The third-order valence-corrected chi connectivity index (χ3v) is 4.17. The van der Waals surface area contributed by atoms with E-state index in [4.69, 9.17) is 0 Å². The van der Waals surface area contributed by atoms with Gasteiger partial charge in [-0.25, -0.2) is 16.8 Å². The smallest absolute Gasteiger partial charge is 0.744 e. The molecular formula is C10H6K2O6S2.